The van der Waals surface area contributed by atoms with Crippen molar-refractivity contribution in [3.05, 3.63) is 11.6 Å². The van der Waals surface area contributed by atoms with Gasteiger partial charge in [-0.1, -0.05) is 164 Å². The van der Waals surface area contributed by atoms with Crippen LogP contribution in [0.4, 0.5) is 0 Å². The van der Waals surface area contributed by atoms with Crippen LogP contribution in [0.1, 0.15) is 249 Å². The van der Waals surface area contributed by atoms with E-state index in [0.29, 0.717) is 23.7 Å². The van der Waals surface area contributed by atoms with Gasteiger partial charge in [-0.15, -0.1) is 0 Å². The summed E-state index contributed by atoms with van der Waals surface area (Å²) < 4.78 is 0. The first-order valence-corrected chi connectivity index (χ1v) is 28.8. The summed E-state index contributed by atoms with van der Waals surface area (Å²) in [6.07, 6.45) is 41.0. The number of nitrogens with one attached hydrogen (secondary N) is 1. The fourth-order valence-corrected chi connectivity index (χ4v) is 14.4. The normalized spacial score (nSPS) is 29.6. The van der Waals surface area contributed by atoms with Gasteiger partial charge in [-0.25, -0.2) is 0 Å². The molecule has 0 bridgehead atoms. The standard InChI is InChI=1S/C60H109NO4/c1-41(2)52(30-24-51-28-34-56(39-51)59(42(3)4)60(64)65)29-21-47(9)54-31-25-48(36-54)15-13-11-12-14-45(7)53-32-26-49(37-53)22-17-43(5)16-20-46(8)55-33-27-50(38-55)23-18-44(6)19-35-57(61-10)40-58(62)63/h30,41-51,53-57,59,61H,11-29,31-40H2,1-10H3,(H,62,63)(H,64,65)/b52-30-. The fourth-order valence-electron chi connectivity index (χ4n) is 14.4. The maximum absolute atomic E-state index is 11.9. The van der Waals surface area contributed by atoms with Crippen LogP contribution in [0.15, 0.2) is 11.6 Å². The smallest absolute Gasteiger partial charge is 0.307 e. The maximum Gasteiger partial charge on any atom is 0.307 e. The molecule has 0 amide bonds. The first-order chi connectivity index (χ1) is 31.0. The SMILES string of the molecule is CNC(CCC(C)CCC1CCC(C(C)CCC(C)CCC2CCC(C(C)CCCCCC3CCC(C(C)CC/C(=C/CC4CCC(C(C(=O)O)C(C)C)C4)C(C)C)C3)C2)C1)CC(=O)O. The lowest BCUT2D eigenvalue weighted by molar-refractivity contribution is -0.145. The lowest BCUT2D eigenvalue weighted by Crippen LogP contribution is -2.28. The average molecular weight is 909 g/mol. The van der Waals surface area contributed by atoms with Crippen molar-refractivity contribution in [2.75, 3.05) is 7.05 Å². The number of hydrogen-bond donors (Lipinski definition) is 3. The lowest BCUT2D eigenvalue weighted by Gasteiger charge is -2.23. The van der Waals surface area contributed by atoms with E-state index in [2.05, 4.69) is 73.7 Å². The minimum atomic E-state index is -0.695. The molecular formula is C60H109NO4. The van der Waals surface area contributed by atoms with Gasteiger partial charge in [-0.2, -0.15) is 0 Å². The Labute approximate surface area is 403 Å². The number of rotatable bonds is 33. The van der Waals surface area contributed by atoms with Crippen molar-refractivity contribution in [3.8, 4) is 0 Å². The Morgan fingerprint density at radius 2 is 1.03 bits per heavy atom. The van der Waals surface area contributed by atoms with Crippen molar-refractivity contribution < 1.29 is 19.8 Å². The minimum Gasteiger partial charge on any atom is -0.481 e. The number of carbonyl (C=O) groups is 2. The van der Waals surface area contributed by atoms with Gasteiger partial charge >= 0.3 is 11.9 Å². The molecule has 4 rings (SSSR count). The monoisotopic (exact) mass is 908 g/mol. The molecule has 0 aromatic heterocycles. The summed E-state index contributed by atoms with van der Waals surface area (Å²) in [6, 6.07) is 0.107. The summed E-state index contributed by atoms with van der Waals surface area (Å²) in [5.74, 6) is 10.3. The van der Waals surface area contributed by atoms with Gasteiger partial charge in [-0.05, 0) is 186 Å². The molecule has 0 heterocycles. The van der Waals surface area contributed by atoms with E-state index in [9.17, 15) is 14.7 Å². The van der Waals surface area contributed by atoms with Crippen LogP contribution < -0.4 is 5.32 Å². The summed E-state index contributed by atoms with van der Waals surface area (Å²) in [5.41, 5.74) is 1.65. The van der Waals surface area contributed by atoms with E-state index in [0.717, 1.165) is 91.3 Å². The minimum absolute atomic E-state index is 0.107. The van der Waals surface area contributed by atoms with E-state index in [1.807, 2.05) is 7.05 Å². The van der Waals surface area contributed by atoms with Gasteiger partial charge in [0.25, 0.3) is 0 Å². The molecule has 0 aromatic carbocycles. The molecule has 5 nitrogen and oxygen atoms in total. The van der Waals surface area contributed by atoms with Crippen molar-refractivity contribution in [2.45, 2.75) is 255 Å². The van der Waals surface area contributed by atoms with Crippen LogP contribution in [-0.2, 0) is 9.59 Å². The fraction of sp³-hybridized carbons (Fsp3) is 0.933. The number of aliphatic carboxylic acids is 2. The molecule has 15 unspecified atom stereocenters. The predicted molar refractivity (Wildman–Crippen MR) is 277 cm³/mol. The van der Waals surface area contributed by atoms with Crippen LogP contribution in [0.3, 0.4) is 0 Å². The lowest BCUT2D eigenvalue weighted by atomic mass is 9.81. The Bertz CT molecular complexity index is 1360. The zero-order valence-electron chi connectivity index (χ0n) is 44.6. The van der Waals surface area contributed by atoms with Crippen molar-refractivity contribution in [1.82, 2.24) is 5.32 Å². The summed E-state index contributed by atoms with van der Waals surface area (Å²) >= 11 is 0. The molecule has 4 fully saturated rings. The number of carboxylic acid groups (broad SMARTS) is 2. The van der Waals surface area contributed by atoms with Gasteiger partial charge in [0.2, 0.25) is 0 Å². The Morgan fingerprint density at radius 3 is 1.55 bits per heavy atom. The van der Waals surface area contributed by atoms with Crippen LogP contribution in [0, 0.1) is 94.7 Å². The Morgan fingerprint density at radius 1 is 0.538 bits per heavy atom. The first kappa shape index (κ1) is 56.2. The van der Waals surface area contributed by atoms with Crippen molar-refractivity contribution >= 4 is 11.9 Å². The number of carboxylic acids is 2. The summed E-state index contributed by atoms with van der Waals surface area (Å²) in [6.45, 7) is 21.5. The van der Waals surface area contributed by atoms with Gasteiger partial charge in [0.15, 0.2) is 0 Å². The Hall–Kier alpha value is -1.36. The third-order valence-corrected chi connectivity index (χ3v) is 19.5. The highest BCUT2D eigenvalue weighted by Crippen LogP contribution is 2.45. The average Bonchev–Trinajstić information content (AvgIpc) is 4.10. The van der Waals surface area contributed by atoms with Crippen molar-refractivity contribution in [2.24, 2.45) is 94.7 Å². The third-order valence-electron chi connectivity index (χ3n) is 19.5. The molecule has 0 radical (unpaired) electrons. The molecule has 4 saturated carbocycles. The van der Waals surface area contributed by atoms with E-state index in [1.54, 1.807) is 5.57 Å². The number of hydrogen-bond acceptors (Lipinski definition) is 3. The molecule has 3 N–H and O–H groups in total. The van der Waals surface area contributed by atoms with Crippen molar-refractivity contribution in [3.63, 3.8) is 0 Å². The highest BCUT2D eigenvalue weighted by atomic mass is 16.4. The molecule has 0 aliphatic heterocycles. The van der Waals surface area contributed by atoms with E-state index in [-0.39, 0.29) is 24.3 Å². The maximum atomic E-state index is 11.9. The van der Waals surface area contributed by atoms with Crippen LogP contribution in [0.5, 0.6) is 0 Å². The molecule has 0 saturated heterocycles. The molecule has 65 heavy (non-hydrogen) atoms. The quantitative estimate of drug-likeness (QED) is 0.0451. The Balaban J connectivity index is 1.00. The molecular weight excluding hydrogens is 799 g/mol. The largest absolute Gasteiger partial charge is 0.481 e. The van der Waals surface area contributed by atoms with E-state index < -0.39 is 11.9 Å². The first-order valence-electron chi connectivity index (χ1n) is 28.8. The van der Waals surface area contributed by atoms with Gasteiger partial charge in [0.05, 0.1) is 12.3 Å². The summed E-state index contributed by atoms with van der Waals surface area (Å²) in [5, 5.41) is 22.2. The Kier molecular flexibility index (Phi) is 25.6. The number of allylic oxidation sites excluding steroid dienone is 2. The highest BCUT2D eigenvalue weighted by Gasteiger charge is 2.37. The molecule has 15 atom stereocenters. The second-order valence-corrected chi connectivity index (χ2v) is 25.2. The van der Waals surface area contributed by atoms with Crippen LogP contribution in [0.2, 0.25) is 0 Å². The van der Waals surface area contributed by atoms with E-state index in [4.69, 9.17) is 5.11 Å². The van der Waals surface area contributed by atoms with Gasteiger partial charge < -0.3 is 15.5 Å². The van der Waals surface area contributed by atoms with Crippen LogP contribution in [0.25, 0.3) is 0 Å². The highest BCUT2D eigenvalue weighted by molar-refractivity contribution is 5.70. The molecule has 4 aliphatic rings. The summed E-state index contributed by atoms with van der Waals surface area (Å²) in [7, 11) is 1.89. The summed E-state index contributed by atoms with van der Waals surface area (Å²) in [4.78, 5) is 23.0. The van der Waals surface area contributed by atoms with Crippen LogP contribution in [-0.4, -0.2) is 35.2 Å². The second-order valence-electron chi connectivity index (χ2n) is 25.2. The molecule has 5 heteroatoms. The zero-order chi connectivity index (χ0) is 47.5. The van der Waals surface area contributed by atoms with E-state index >= 15 is 0 Å². The molecule has 0 spiro atoms. The van der Waals surface area contributed by atoms with Crippen LogP contribution >= 0.6 is 0 Å². The predicted octanol–water partition coefficient (Wildman–Crippen LogP) is 17.1. The van der Waals surface area contributed by atoms with Gasteiger partial charge in [0, 0.05) is 6.04 Å². The molecule has 4 aliphatic carbocycles. The van der Waals surface area contributed by atoms with E-state index in [1.165, 1.54) is 148 Å². The molecule has 378 valence electrons. The second kappa shape index (κ2) is 29.6. The topological polar surface area (TPSA) is 86.6 Å². The third kappa shape index (κ3) is 20.3. The molecule has 0 aromatic rings. The zero-order valence-corrected chi connectivity index (χ0v) is 44.6. The van der Waals surface area contributed by atoms with Crippen molar-refractivity contribution in [1.29, 1.82) is 0 Å². The van der Waals surface area contributed by atoms with Gasteiger partial charge in [0.1, 0.15) is 0 Å². The number of unbranched alkanes of at least 4 members (excludes halogenated alkanes) is 2. The van der Waals surface area contributed by atoms with Gasteiger partial charge in [-0.3, -0.25) is 9.59 Å².